The average molecular weight is 220 g/mol. The van der Waals surface area contributed by atoms with Crippen LogP contribution in [0.15, 0.2) is 18.3 Å². The van der Waals surface area contributed by atoms with E-state index in [4.69, 9.17) is 5.73 Å². The third-order valence-electron chi connectivity index (χ3n) is 1.79. The lowest BCUT2D eigenvalue weighted by atomic mass is 10.3. The number of hydrogen-bond donors (Lipinski definition) is 1. The van der Waals surface area contributed by atoms with E-state index >= 15 is 0 Å². The summed E-state index contributed by atoms with van der Waals surface area (Å²) in [6.45, 7) is 1.16. The van der Waals surface area contributed by atoms with Gasteiger partial charge in [0.25, 0.3) is 0 Å². The van der Waals surface area contributed by atoms with E-state index in [2.05, 4.69) is 9.72 Å². The van der Waals surface area contributed by atoms with Crippen molar-refractivity contribution in [3.05, 3.63) is 23.9 Å². The number of halogens is 3. The molecule has 0 aromatic carbocycles. The molecule has 84 valence electrons. The van der Waals surface area contributed by atoms with E-state index in [1.807, 2.05) is 0 Å². The van der Waals surface area contributed by atoms with Crippen LogP contribution in [0.1, 0.15) is 12.5 Å². The summed E-state index contributed by atoms with van der Waals surface area (Å²) in [5.74, 6) is -0.0669. The summed E-state index contributed by atoms with van der Waals surface area (Å²) in [7, 11) is 0. The van der Waals surface area contributed by atoms with Crippen LogP contribution in [-0.4, -0.2) is 17.3 Å². The molecule has 3 nitrogen and oxygen atoms in total. The lowest BCUT2D eigenvalue weighted by Gasteiger charge is -2.16. The molecule has 0 bridgehead atoms. The van der Waals surface area contributed by atoms with Crippen LogP contribution >= 0.6 is 0 Å². The Morgan fingerprint density at radius 1 is 1.53 bits per heavy atom. The fourth-order valence-corrected chi connectivity index (χ4v) is 0.890. The highest BCUT2D eigenvalue weighted by atomic mass is 19.4. The molecule has 1 rings (SSSR count). The zero-order valence-corrected chi connectivity index (χ0v) is 8.08. The van der Waals surface area contributed by atoms with Crippen LogP contribution in [-0.2, 0) is 6.54 Å². The summed E-state index contributed by atoms with van der Waals surface area (Å²) in [6, 6.07) is 3.01. The van der Waals surface area contributed by atoms with Gasteiger partial charge in [-0.3, -0.25) is 0 Å². The van der Waals surface area contributed by atoms with Crippen molar-refractivity contribution in [3.63, 3.8) is 0 Å². The number of rotatable bonds is 3. The number of pyridine rings is 1. The second-order valence-corrected chi connectivity index (χ2v) is 3.01. The average Bonchev–Trinajstić information content (AvgIpc) is 2.16. The van der Waals surface area contributed by atoms with E-state index in [-0.39, 0.29) is 12.4 Å². The van der Waals surface area contributed by atoms with Crippen molar-refractivity contribution < 1.29 is 17.9 Å². The van der Waals surface area contributed by atoms with Crippen LogP contribution in [0.25, 0.3) is 0 Å². The largest absolute Gasteiger partial charge is 0.465 e. The third-order valence-corrected chi connectivity index (χ3v) is 1.79. The van der Waals surface area contributed by atoms with Crippen LogP contribution in [0.4, 0.5) is 13.2 Å². The van der Waals surface area contributed by atoms with Crippen molar-refractivity contribution >= 4 is 0 Å². The summed E-state index contributed by atoms with van der Waals surface area (Å²) in [5.41, 5.74) is 6.01. The van der Waals surface area contributed by atoms with Crippen molar-refractivity contribution in [2.75, 3.05) is 0 Å². The number of aromatic nitrogens is 1. The molecule has 0 spiro atoms. The van der Waals surface area contributed by atoms with Gasteiger partial charge in [0.15, 0.2) is 6.10 Å². The third kappa shape index (κ3) is 3.39. The van der Waals surface area contributed by atoms with Gasteiger partial charge in [-0.1, -0.05) is 0 Å². The van der Waals surface area contributed by atoms with Crippen LogP contribution in [0.2, 0.25) is 0 Å². The molecule has 2 N–H and O–H groups in total. The van der Waals surface area contributed by atoms with Crippen molar-refractivity contribution in [3.8, 4) is 5.88 Å². The number of ether oxygens (including phenoxy) is 1. The highest BCUT2D eigenvalue weighted by molar-refractivity contribution is 5.20. The summed E-state index contributed by atoms with van der Waals surface area (Å²) >= 11 is 0. The lowest BCUT2D eigenvalue weighted by Crippen LogP contribution is -2.31. The molecule has 1 heterocycles. The van der Waals surface area contributed by atoms with E-state index in [0.717, 1.165) is 6.92 Å². The highest BCUT2D eigenvalue weighted by Crippen LogP contribution is 2.23. The first-order valence-corrected chi connectivity index (χ1v) is 4.32. The Hall–Kier alpha value is -1.30. The highest BCUT2D eigenvalue weighted by Gasteiger charge is 2.38. The van der Waals surface area contributed by atoms with E-state index in [1.54, 1.807) is 6.07 Å². The molecule has 0 aliphatic rings. The van der Waals surface area contributed by atoms with Crippen LogP contribution in [0.5, 0.6) is 5.88 Å². The summed E-state index contributed by atoms with van der Waals surface area (Å²) < 4.78 is 41.0. The van der Waals surface area contributed by atoms with Gasteiger partial charge >= 0.3 is 6.18 Å². The molecule has 0 saturated carbocycles. The van der Waals surface area contributed by atoms with E-state index in [9.17, 15) is 13.2 Å². The fraction of sp³-hybridized carbons (Fsp3) is 0.444. The first-order valence-electron chi connectivity index (χ1n) is 4.32. The minimum atomic E-state index is -4.39. The normalized spacial score (nSPS) is 13.7. The Kier molecular flexibility index (Phi) is 3.52. The number of alkyl halides is 3. The van der Waals surface area contributed by atoms with Crippen molar-refractivity contribution in [1.82, 2.24) is 4.98 Å². The molecule has 1 atom stereocenters. The van der Waals surface area contributed by atoms with Gasteiger partial charge in [-0.2, -0.15) is 13.2 Å². The molecule has 0 radical (unpaired) electrons. The Morgan fingerprint density at radius 2 is 2.20 bits per heavy atom. The number of nitrogens with zero attached hydrogens (tertiary/aromatic N) is 1. The van der Waals surface area contributed by atoms with Gasteiger partial charge < -0.3 is 10.5 Å². The molecule has 0 unspecified atom stereocenters. The second-order valence-electron chi connectivity index (χ2n) is 3.01. The molecule has 0 amide bonds. The van der Waals surface area contributed by atoms with Gasteiger partial charge in [0.05, 0.1) is 0 Å². The van der Waals surface area contributed by atoms with Crippen LogP contribution in [0.3, 0.4) is 0 Å². The van der Waals surface area contributed by atoms with Gasteiger partial charge in [-0.05, 0) is 18.6 Å². The zero-order valence-electron chi connectivity index (χ0n) is 8.08. The Labute approximate surface area is 85.1 Å². The summed E-state index contributed by atoms with van der Waals surface area (Å²) in [4.78, 5) is 3.66. The zero-order chi connectivity index (χ0) is 11.5. The minimum Gasteiger partial charge on any atom is -0.465 e. The molecule has 1 aromatic rings. The summed E-state index contributed by atoms with van der Waals surface area (Å²) in [6.07, 6.45) is -4.90. The standard InChI is InChI=1S/C9H11F3N2O/c1-6(9(10,11)12)15-8-4-7(5-13)2-3-14-8/h2-4,6H,5,13H2,1H3/t6-/m0/s1. The lowest BCUT2D eigenvalue weighted by molar-refractivity contribution is -0.190. The first-order chi connectivity index (χ1) is 6.93. The van der Waals surface area contributed by atoms with Crippen molar-refractivity contribution in [2.45, 2.75) is 25.7 Å². The van der Waals surface area contributed by atoms with Crippen LogP contribution < -0.4 is 10.5 Å². The van der Waals surface area contributed by atoms with Crippen molar-refractivity contribution in [1.29, 1.82) is 0 Å². The first kappa shape index (κ1) is 11.8. The molecule has 15 heavy (non-hydrogen) atoms. The molecule has 1 aromatic heterocycles. The molecule has 6 heteroatoms. The second kappa shape index (κ2) is 4.48. The maximum atomic E-state index is 12.1. The Morgan fingerprint density at radius 3 is 2.73 bits per heavy atom. The fourth-order valence-electron chi connectivity index (χ4n) is 0.890. The minimum absolute atomic E-state index is 0.0669. The maximum absolute atomic E-state index is 12.1. The molecular weight excluding hydrogens is 209 g/mol. The Balaban J connectivity index is 2.72. The molecule has 0 aliphatic carbocycles. The predicted molar refractivity (Wildman–Crippen MR) is 48.3 cm³/mol. The van der Waals surface area contributed by atoms with Crippen molar-refractivity contribution in [2.24, 2.45) is 5.73 Å². The van der Waals surface area contributed by atoms with E-state index in [1.165, 1.54) is 12.3 Å². The summed E-state index contributed by atoms with van der Waals surface area (Å²) in [5, 5.41) is 0. The van der Waals surface area contributed by atoms with E-state index in [0.29, 0.717) is 5.56 Å². The molecular formula is C9H11F3N2O. The molecule has 0 aliphatic heterocycles. The van der Waals surface area contributed by atoms with Gasteiger partial charge in [-0.15, -0.1) is 0 Å². The number of hydrogen-bond acceptors (Lipinski definition) is 3. The predicted octanol–water partition coefficient (Wildman–Crippen LogP) is 1.87. The van der Waals surface area contributed by atoms with Gasteiger partial charge in [0.2, 0.25) is 5.88 Å². The van der Waals surface area contributed by atoms with Gasteiger partial charge in [0.1, 0.15) is 0 Å². The molecule has 0 fully saturated rings. The van der Waals surface area contributed by atoms with Crippen LogP contribution in [0, 0.1) is 0 Å². The monoisotopic (exact) mass is 220 g/mol. The maximum Gasteiger partial charge on any atom is 0.425 e. The smallest absolute Gasteiger partial charge is 0.425 e. The number of nitrogens with two attached hydrogens (primary N) is 1. The SMILES string of the molecule is C[C@H](Oc1cc(CN)ccn1)C(F)(F)F. The topological polar surface area (TPSA) is 48.1 Å². The quantitative estimate of drug-likeness (QED) is 0.845. The molecule has 0 saturated heterocycles. The Bertz CT molecular complexity index is 327. The van der Waals surface area contributed by atoms with E-state index < -0.39 is 12.3 Å². The van der Waals surface area contributed by atoms with Gasteiger partial charge in [0, 0.05) is 18.8 Å². The van der Waals surface area contributed by atoms with Gasteiger partial charge in [-0.25, -0.2) is 4.98 Å².